The average Bonchev–Trinajstić information content (AvgIpc) is 3.04. The van der Waals surface area contributed by atoms with Crippen LogP contribution in [0.2, 0.25) is 0 Å². The monoisotopic (exact) mass is 638 g/mol. The van der Waals surface area contributed by atoms with Crippen LogP contribution in [-0.2, 0) is 47.4 Å². The van der Waals surface area contributed by atoms with Crippen LogP contribution < -0.4 is 0 Å². The minimum absolute atomic E-state index is 0.535. The predicted molar refractivity (Wildman–Crippen MR) is 175 cm³/mol. The summed E-state index contributed by atoms with van der Waals surface area (Å²) in [5.41, 5.74) is 0. The Balaban J connectivity index is 3.03. The van der Waals surface area contributed by atoms with Crippen LogP contribution in [-0.4, -0.2) is 132 Å². The number of hydrogen-bond donors (Lipinski definition) is 0. The summed E-state index contributed by atoms with van der Waals surface area (Å²) >= 11 is 0. The lowest BCUT2D eigenvalue weighted by atomic mass is 10.1. The Hall–Kier alpha value is -0.400. The molecule has 0 spiro atoms. The highest BCUT2D eigenvalue weighted by Gasteiger charge is 1.97. The van der Waals surface area contributed by atoms with Gasteiger partial charge in [0, 0.05) is 13.2 Å². The van der Waals surface area contributed by atoms with Crippen LogP contribution in [0.3, 0.4) is 0 Å². The molecule has 0 amide bonds. The minimum atomic E-state index is 0.535. The van der Waals surface area contributed by atoms with E-state index >= 15 is 0 Å². The van der Waals surface area contributed by atoms with Gasteiger partial charge < -0.3 is 47.4 Å². The maximum Gasteiger partial charge on any atom is 0.0701 e. The van der Waals surface area contributed by atoms with Crippen molar-refractivity contribution < 1.29 is 47.4 Å². The first-order valence-electron chi connectivity index (χ1n) is 17.7. The Morgan fingerprint density at radius 3 is 0.614 bits per heavy atom. The average molecular weight is 639 g/mol. The van der Waals surface area contributed by atoms with Crippen molar-refractivity contribution in [1.29, 1.82) is 0 Å². The molecule has 0 aliphatic carbocycles. The highest BCUT2D eigenvalue weighted by atomic mass is 16.6. The van der Waals surface area contributed by atoms with Crippen molar-refractivity contribution in [2.24, 2.45) is 0 Å². The summed E-state index contributed by atoms with van der Waals surface area (Å²) in [6.45, 7) is 16.3. The normalized spacial score (nSPS) is 11.6. The van der Waals surface area contributed by atoms with Gasteiger partial charge in [-0.2, -0.15) is 0 Å². The van der Waals surface area contributed by atoms with Crippen molar-refractivity contribution >= 4 is 0 Å². The van der Waals surface area contributed by atoms with Crippen molar-refractivity contribution in [2.45, 2.75) is 90.9 Å². The molecule has 10 heteroatoms. The number of rotatable bonds is 41. The van der Waals surface area contributed by atoms with Crippen molar-refractivity contribution in [3.8, 4) is 0 Å². The SMILES string of the molecule is CCCCCCCCCCCCOCCOCCOCCOCCOCCOCCOCCOCCOCCOCCCC. The highest BCUT2D eigenvalue weighted by molar-refractivity contribution is 4.47. The second-order valence-corrected chi connectivity index (χ2v) is 10.7. The highest BCUT2D eigenvalue weighted by Crippen LogP contribution is 2.10. The van der Waals surface area contributed by atoms with Crippen molar-refractivity contribution in [3.05, 3.63) is 0 Å². The summed E-state index contributed by atoms with van der Waals surface area (Å²) < 4.78 is 55.0. The molecule has 0 aromatic carbocycles. The van der Waals surface area contributed by atoms with Gasteiger partial charge in [0.15, 0.2) is 0 Å². The van der Waals surface area contributed by atoms with E-state index in [-0.39, 0.29) is 0 Å². The summed E-state index contributed by atoms with van der Waals surface area (Å²) in [5, 5.41) is 0. The summed E-state index contributed by atoms with van der Waals surface area (Å²) in [7, 11) is 0. The van der Waals surface area contributed by atoms with E-state index in [9.17, 15) is 0 Å². The molecule has 10 nitrogen and oxygen atoms in total. The van der Waals surface area contributed by atoms with Crippen LogP contribution in [0.15, 0.2) is 0 Å². The molecule has 0 atom stereocenters. The fourth-order valence-electron chi connectivity index (χ4n) is 4.02. The quantitative estimate of drug-likeness (QED) is 0.0757. The lowest BCUT2D eigenvalue weighted by Crippen LogP contribution is -2.15. The third-order valence-corrected chi connectivity index (χ3v) is 6.63. The first kappa shape index (κ1) is 43.6. The number of unbranched alkanes of at least 4 members (excludes halogenated alkanes) is 10. The van der Waals surface area contributed by atoms with E-state index in [0.29, 0.717) is 119 Å². The van der Waals surface area contributed by atoms with Crippen molar-refractivity contribution in [1.82, 2.24) is 0 Å². The fraction of sp³-hybridized carbons (Fsp3) is 1.00. The van der Waals surface area contributed by atoms with E-state index in [1.165, 1.54) is 57.8 Å². The Morgan fingerprint density at radius 1 is 0.182 bits per heavy atom. The summed E-state index contributed by atoms with van der Waals surface area (Å²) in [4.78, 5) is 0. The third kappa shape index (κ3) is 41.6. The van der Waals surface area contributed by atoms with Gasteiger partial charge >= 0.3 is 0 Å². The summed E-state index contributed by atoms with van der Waals surface area (Å²) in [6.07, 6.45) is 15.7. The van der Waals surface area contributed by atoms with Gasteiger partial charge in [0.1, 0.15) is 0 Å². The van der Waals surface area contributed by atoms with E-state index in [0.717, 1.165) is 32.5 Å². The van der Waals surface area contributed by atoms with E-state index < -0.39 is 0 Å². The maximum absolute atomic E-state index is 5.65. The molecule has 0 fully saturated rings. The standard InChI is InChI=1S/C34H70O10/c1-3-5-7-8-9-10-11-12-13-14-16-36-18-20-38-22-24-40-26-28-42-30-32-44-34-33-43-31-29-41-27-25-39-23-21-37-19-17-35-15-6-4-2/h3-34H2,1-2H3. The Labute approximate surface area is 270 Å². The molecule has 0 aliphatic heterocycles. The number of ether oxygens (including phenoxy) is 10. The van der Waals surface area contributed by atoms with Crippen LogP contribution in [0.1, 0.15) is 90.9 Å². The van der Waals surface area contributed by atoms with Gasteiger partial charge in [0.2, 0.25) is 0 Å². The fourth-order valence-corrected chi connectivity index (χ4v) is 4.02. The molecule has 0 saturated heterocycles. The van der Waals surface area contributed by atoms with Gasteiger partial charge in [-0.05, 0) is 12.8 Å². The molecule has 0 aromatic heterocycles. The summed E-state index contributed by atoms with van der Waals surface area (Å²) in [6, 6.07) is 0. The maximum atomic E-state index is 5.65. The Bertz CT molecular complexity index is 445. The molecule has 0 aromatic rings. The van der Waals surface area contributed by atoms with Crippen LogP contribution in [0.5, 0.6) is 0 Å². The molecule has 0 saturated carbocycles. The molecular formula is C34H70O10. The third-order valence-electron chi connectivity index (χ3n) is 6.63. The van der Waals surface area contributed by atoms with Crippen molar-refractivity contribution in [3.63, 3.8) is 0 Å². The molecule has 0 N–H and O–H groups in total. The van der Waals surface area contributed by atoms with E-state index in [1.807, 2.05) is 0 Å². The van der Waals surface area contributed by atoms with Gasteiger partial charge in [0.25, 0.3) is 0 Å². The molecular weight excluding hydrogens is 568 g/mol. The van der Waals surface area contributed by atoms with Gasteiger partial charge in [-0.1, -0.05) is 78.1 Å². The second-order valence-electron chi connectivity index (χ2n) is 10.7. The minimum Gasteiger partial charge on any atom is -0.379 e. The largest absolute Gasteiger partial charge is 0.379 e. The summed E-state index contributed by atoms with van der Waals surface area (Å²) in [5.74, 6) is 0. The molecule has 0 bridgehead atoms. The van der Waals surface area contributed by atoms with Crippen LogP contribution in [0.25, 0.3) is 0 Å². The van der Waals surface area contributed by atoms with Gasteiger partial charge in [-0.3, -0.25) is 0 Å². The smallest absolute Gasteiger partial charge is 0.0701 e. The second kappa shape index (κ2) is 42.6. The molecule has 0 rings (SSSR count). The first-order valence-corrected chi connectivity index (χ1v) is 17.7. The number of hydrogen-bond acceptors (Lipinski definition) is 10. The van der Waals surface area contributed by atoms with Gasteiger partial charge in [0.05, 0.1) is 119 Å². The van der Waals surface area contributed by atoms with Gasteiger partial charge in [-0.25, -0.2) is 0 Å². The molecule has 0 unspecified atom stereocenters. The van der Waals surface area contributed by atoms with Gasteiger partial charge in [-0.15, -0.1) is 0 Å². The van der Waals surface area contributed by atoms with E-state index in [2.05, 4.69) is 13.8 Å². The molecule has 266 valence electrons. The van der Waals surface area contributed by atoms with Crippen molar-refractivity contribution in [2.75, 3.05) is 132 Å². The molecule has 44 heavy (non-hydrogen) atoms. The Morgan fingerprint density at radius 2 is 0.364 bits per heavy atom. The lowest BCUT2D eigenvalue weighted by Gasteiger charge is -2.09. The lowest BCUT2D eigenvalue weighted by molar-refractivity contribution is -0.0264. The molecule has 0 aliphatic rings. The van der Waals surface area contributed by atoms with Crippen LogP contribution >= 0.6 is 0 Å². The topological polar surface area (TPSA) is 92.3 Å². The predicted octanol–water partition coefficient (Wildman–Crippen LogP) is 5.87. The Kier molecular flexibility index (Phi) is 42.2. The van der Waals surface area contributed by atoms with Crippen LogP contribution in [0.4, 0.5) is 0 Å². The molecule has 0 heterocycles. The van der Waals surface area contributed by atoms with E-state index in [1.54, 1.807) is 0 Å². The zero-order valence-corrected chi connectivity index (χ0v) is 28.7. The van der Waals surface area contributed by atoms with Crippen LogP contribution in [0, 0.1) is 0 Å². The zero-order valence-electron chi connectivity index (χ0n) is 28.7. The zero-order chi connectivity index (χ0) is 31.7. The first-order chi connectivity index (χ1) is 21.9. The molecule has 0 radical (unpaired) electrons. The van der Waals surface area contributed by atoms with E-state index in [4.69, 9.17) is 47.4 Å².